The number of aromatic nitrogens is 2. The summed E-state index contributed by atoms with van der Waals surface area (Å²) in [5, 5.41) is 16.8. The molecule has 0 amide bonds. The number of carbonyl (C=O) groups is 1. The van der Waals surface area contributed by atoms with Crippen LogP contribution < -0.4 is 4.90 Å². The molecule has 0 unspecified atom stereocenters. The quantitative estimate of drug-likeness (QED) is 0.895. The molecule has 1 heterocycles. The van der Waals surface area contributed by atoms with Crippen LogP contribution in [-0.4, -0.2) is 28.3 Å². The fourth-order valence-electron chi connectivity index (χ4n) is 1.70. The molecule has 0 fully saturated rings. The average molecular weight is 243 g/mol. The van der Waals surface area contributed by atoms with E-state index in [1.165, 1.54) is 12.3 Å². The number of rotatable bonds is 3. The Balaban J connectivity index is 2.46. The summed E-state index contributed by atoms with van der Waals surface area (Å²) < 4.78 is 0. The summed E-state index contributed by atoms with van der Waals surface area (Å²) in [5.41, 5.74) is 2.10. The highest BCUT2D eigenvalue weighted by Gasteiger charge is 2.16. The van der Waals surface area contributed by atoms with Crippen LogP contribution in [-0.2, 0) is 0 Å². The third kappa shape index (κ3) is 2.29. The number of hydrogen-bond donors (Lipinski definition) is 1. The number of carboxylic acids is 1. The second-order valence-electron chi connectivity index (χ2n) is 3.97. The van der Waals surface area contributed by atoms with E-state index in [0.717, 1.165) is 11.3 Å². The molecule has 0 saturated carbocycles. The molecule has 5 heteroatoms. The molecule has 92 valence electrons. The van der Waals surface area contributed by atoms with Gasteiger partial charge in [-0.25, -0.2) is 4.79 Å². The molecular weight excluding hydrogens is 230 g/mol. The minimum absolute atomic E-state index is 0.133. The van der Waals surface area contributed by atoms with Gasteiger partial charge >= 0.3 is 5.97 Å². The molecule has 5 nitrogen and oxygen atoms in total. The smallest absolute Gasteiger partial charge is 0.339 e. The first-order valence-electron chi connectivity index (χ1n) is 5.45. The van der Waals surface area contributed by atoms with Gasteiger partial charge in [0.1, 0.15) is 5.56 Å². The third-order valence-corrected chi connectivity index (χ3v) is 2.64. The van der Waals surface area contributed by atoms with Crippen LogP contribution in [0.3, 0.4) is 0 Å². The van der Waals surface area contributed by atoms with E-state index in [0.29, 0.717) is 5.82 Å². The van der Waals surface area contributed by atoms with Crippen LogP contribution in [0.15, 0.2) is 36.5 Å². The first-order chi connectivity index (χ1) is 8.59. The predicted molar refractivity (Wildman–Crippen MR) is 68.2 cm³/mol. The molecule has 0 aliphatic carbocycles. The molecule has 0 aliphatic rings. The fraction of sp³-hybridized carbons (Fsp3) is 0.154. The van der Waals surface area contributed by atoms with Crippen molar-refractivity contribution in [2.24, 2.45) is 0 Å². The summed E-state index contributed by atoms with van der Waals surface area (Å²) in [6, 6.07) is 9.19. The predicted octanol–water partition coefficient (Wildman–Crippen LogP) is 2.25. The van der Waals surface area contributed by atoms with Crippen LogP contribution in [0.5, 0.6) is 0 Å². The lowest BCUT2D eigenvalue weighted by Gasteiger charge is -2.19. The monoisotopic (exact) mass is 243 g/mol. The van der Waals surface area contributed by atoms with Crippen molar-refractivity contribution in [2.45, 2.75) is 6.92 Å². The van der Waals surface area contributed by atoms with Gasteiger partial charge in [0.2, 0.25) is 0 Å². The Morgan fingerprint density at radius 3 is 2.78 bits per heavy atom. The van der Waals surface area contributed by atoms with E-state index in [2.05, 4.69) is 10.2 Å². The minimum Gasteiger partial charge on any atom is -0.478 e. The number of nitrogens with zero attached hydrogens (tertiary/aromatic N) is 3. The maximum Gasteiger partial charge on any atom is 0.339 e. The average Bonchev–Trinajstić information content (AvgIpc) is 2.38. The summed E-state index contributed by atoms with van der Waals surface area (Å²) in [4.78, 5) is 12.8. The molecule has 0 atom stereocenters. The lowest BCUT2D eigenvalue weighted by atomic mass is 10.2. The van der Waals surface area contributed by atoms with Gasteiger partial charge in [0.15, 0.2) is 5.82 Å². The van der Waals surface area contributed by atoms with Crippen LogP contribution in [0.2, 0.25) is 0 Å². The van der Waals surface area contributed by atoms with E-state index < -0.39 is 5.97 Å². The zero-order chi connectivity index (χ0) is 13.1. The van der Waals surface area contributed by atoms with Gasteiger partial charge in [0, 0.05) is 12.7 Å². The van der Waals surface area contributed by atoms with Crippen LogP contribution in [0.25, 0.3) is 0 Å². The molecule has 0 bridgehead atoms. The number of aromatic carboxylic acids is 1. The van der Waals surface area contributed by atoms with Crippen molar-refractivity contribution in [2.75, 3.05) is 11.9 Å². The van der Waals surface area contributed by atoms with E-state index in [9.17, 15) is 4.79 Å². The molecule has 2 rings (SSSR count). The molecule has 1 aromatic carbocycles. The maximum absolute atomic E-state index is 11.1. The standard InChI is InChI=1S/C13H13N3O2/c1-9-4-3-5-10(8-9)16(2)12-11(13(17)18)6-7-14-15-12/h3-8H,1-2H3,(H,17,18). The number of benzene rings is 1. The highest BCUT2D eigenvalue weighted by atomic mass is 16.4. The summed E-state index contributed by atoms with van der Waals surface area (Å²) >= 11 is 0. The van der Waals surface area contributed by atoms with Gasteiger partial charge in [0.05, 0.1) is 6.20 Å². The SMILES string of the molecule is Cc1cccc(N(C)c2nnccc2C(=O)O)c1. The third-order valence-electron chi connectivity index (χ3n) is 2.64. The Morgan fingerprint density at radius 1 is 1.33 bits per heavy atom. The fourth-order valence-corrected chi connectivity index (χ4v) is 1.70. The largest absolute Gasteiger partial charge is 0.478 e. The Bertz CT molecular complexity index is 584. The number of hydrogen-bond acceptors (Lipinski definition) is 4. The summed E-state index contributed by atoms with van der Waals surface area (Å²) in [7, 11) is 1.77. The van der Waals surface area contributed by atoms with Gasteiger partial charge in [-0.15, -0.1) is 5.10 Å². The maximum atomic E-state index is 11.1. The lowest BCUT2D eigenvalue weighted by molar-refractivity contribution is 0.0697. The van der Waals surface area contributed by atoms with E-state index in [1.807, 2.05) is 31.2 Å². The molecular formula is C13H13N3O2. The summed E-state index contributed by atoms with van der Waals surface area (Å²) in [6.45, 7) is 1.98. The zero-order valence-corrected chi connectivity index (χ0v) is 10.2. The molecule has 1 aromatic heterocycles. The highest BCUT2D eigenvalue weighted by molar-refractivity contribution is 5.94. The Labute approximate surface area is 105 Å². The number of anilines is 2. The van der Waals surface area contributed by atoms with E-state index >= 15 is 0 Å². The zero-order valence-electron chi connectivity index (χ0n) is 10.2. The van der Waals surface area contributed by atoms with Crippen molar-refractivity contribution < 1.29 is 9.90 Å². The molecule has 0 radical (unpaired) electrons. The van der Waals surface area contributed by atoms with Gasteiger partial charge in [-0.1, -0.05) is 12.1 Å². The van der Waals surface area contributed by atoms with Crippen LogP contribution >= 0.6 is 0 Å². The minimum atomic E-state index is -1.01. The lowest BCUT2D eigenvalue weighted by Crippen LogP contribution is -2.16. The van der Waals surface area contributed by atoms with Crippen molar-refractivity contribution in [1.29, 1.82) is 0 Å². The normalized spacial score (nSPS) is 10.1. The number of aryl methyl sites for hydroxylation is 1. The van der Waals surface area contributed by atoms with Crippen molar-refractivity contribution >= 4 is 17.5 Å². The molecule has 2 aromatic rings. The van der Waals surface area contributed by atoms with Crippen molar-refractivity contribution in [3.63, 3.8) is 0 Å². The second-order valence-corrected chi connectivity index (χ2v) is 3.97. The van der Waals surface area contributed by atoms with E-state index in [1.54, 1.807) is 11.9 Å². The second kappa shape index (κ2) is 4.83. The van der Waals surface area contributed by atoms with Gasteiger partial charge < -0.3 is 10.0 Å². The first-order valence-corrected chi connectivity index (χ1v) is 5.45. The topological polar surface area (TPSA) is 66.3 Å². The van der Waals surface area contributed by atoms with Crippen LogP contribution in [0.4, 0.5) is 11.5 Å². The van der Waals surface area contributed by atoms with Gasteiger partial charge in [-0.3, -0.25) is 0 Å². The Kier molecular flexibility index (Phi) is 3.23. The number of carboxylic acid groups (broad SMARTS) is 1. The Hall–Kier alpha value is -2.43. The summed E-state index contributed by atoms with van der Waals surface area (Å²) in [6.07, 6.45) is 1.37. The molecule has 0 saturated heterocycles. The van der Waals surface area contributed by atoms with Gasteiger partial charge in [0.25, 0.3) is 0 Å². The van der Waals surface area contributed by atoms with Crippen LogP contribution in [0, 0.1) is 6.92 Å². The Morgan fingerprint density at radius 2 is 2.11 bits per heavy atom. The molecule has 1 N–H and O–H groups in total. The highest BCUT2D eigenvalue weighted by Crippen LogP contribution is 2.24. The first kappa shape index (κ1) is 12.0. The summed E-state index contributed by atoms with van der Waals surface area (Å²) in [5.74, 6) is -0.685. The van der Waals surface area contributed by atoms with Crippen LogP contribution in [0.1, 0.15) is 15.9 Å². The van der Waals surface area contributed by atoms with Gasteiger partial charge in [-0.05, 0) is 30.7 Å². The molecule has 0 spiro atoms. The van der Waals surface area contributed by atoms with Gasteiger partial charge in [-0.2, -0.15) is 5.10 Å². The van der Waals surface area contributed by atoms with Crippen molar-refractivity contribution in [3.05, 3.63) is 47.7 Å². The molecule has 0 aliphatic heterocycles. The van der Waals surface area contributed by atoms with E-state index in [-0.39, 0.29) is 5.56 Å². The molecule has 18 heavy (non-hydrogen) atoms. The van der Waals surface area contributed by atoms with E-state index in [4.69, 9.17) is 5.11 Å². The van der Waals surface area contributed by atoms with Crippen molar-refractivity contribution in [3.8, 4) is 0 Å². The van der Waals surface area contributed by atoms with Crippen molar-refractivity contribution in [1.82, 2.24) is 10.2 Å².